The van der Waals surface area contributed by atoms with Gasteiger partial charge < -0.3 is 4.74 Å². The maximum atomic E-state index is 5.36. The molecule has 1 heterocycles. The van der Waals surface area contributed by atoms with Crippen LogP contribution in [0.4, 0.5) is 0 Å². The minimum atomic E-state index is 0.610. The van der Waals surface area contributed by atoms with Crippen LogP contribution in [0.15, 0.2) is 0 Å². The summed E-state index contributed by atoms with van der Waals surface area (Å²) in [5.74, 6) is 1.01. The molecule has 1 atom stereocenters. The highest BCUT2D eigenvalue weighted by atomic mass is 32.1. The van der Waals surface area contributed by atoms with Crippen molar-refractivity contribution in [1.29, 1.82) is 0 Å². The van der Waals surface area contributed by atoms with Gasteiger partial charge in [0.05, 0.1) is 13.2 Å². The number of thiol groups is 1. The summed E-state index contributed by atoms with van der Waals surface area (Å²) in [5, 5.41) is 0. The fraction of sp³-hybridized carbons (Fsp3) is 1.00. The first-order valence-electron chi connectivity index (χ1n) is 4.77. The highest BCUT2D eigenvalue weighted by molar-refractivity contribution is 7.80. The van der Waals surface area contributed by atoms with Gasteiger partial charge in [0.1, 0.15) is 0 Å². The zero-order chi connectivity index (χ0) is 8.81. The zero-order valence-corrected chi connectivity index (χ0v) is 8.72. The highest BCUT2D eigenvalue weighted by Gasteiger charge is 2.17. The fourth-order valence-electron chi connectivity index (χ4n) is 1.52. The fourth-order valence-corrected chi connectivity index (χ4v) is 1.74. The van der Waals surface area contributed by atoms with Gasteiger partial charge in [0.25, 0.3) is 0 Å². The van der Waals surface area contributed by atoms with E-state index in [2.05, 4.69) is 24.5 Å². The topological polar surface area (TPSA) is 12.5 Å². The molecule has 1 unspecified atom stereocenters. The predicted molar refractivity (Wildman–Crippen MR) is 54.9 cm³/mol. The largest absolute Gasteiger partial charge is 0.379 e. The van der Waals surface area contributed by atoms with Gasteiger partial charge in [-0.15, -0.1) is 0 Å². The summed E-state index contributed by atoms with van der Waals surface area (Å²) in [5.41, 5.74) is 0. The standard InChI is InChI=1S/C9H19NOS/c1-9-8-11-6-5-10(9)4-2-3-7-12/h9,12H,2-8H2,1H3. The molecule has 12 heavy (non-hydrogen) atoms. The molecule has 1 aliphatic rings. The van der Waals surface area contributed by atoms with Crippen molar-refractivity contribution in [3.63, 3.8) is 0 Å². The van der Waals surface area contributed by atoms with Gasteiger partial charge in [0.2, 0.25) is 0 Å². The summed E-state index contributed by atoms with van der Waals surface area (Å²) < 4.78 is 5.36. The molecule has 0 aromatic rings. The lowest BCUT2D eigenvalue weighted by Crippen LogP contribution is -2.43. The summed E-state index contributed by atoms with van der Waals surface area (Å²) in [6, 6.07) is 0.610. The Morgan fingerprint density at radius 3 is 3.00 bits per heavy atom. The average molecular weight is 189 g/mol. The van der Waals surface area contributed by atoms with Gasteiger partial charge in [0, 0.05) is 12.6 Å². The van der Waals surface area contributed by atoms with Gasteiger partial charge in [-0.3, -0.25) is 4.90 Å². The van der Waals surface area contributed by atoms with Crippen LogP contribution in [0.5, 0.6) is 0 Å². The number of nitrogens with zero attached hydrogens (tertiary/aromatic N) is 1. The summed E-state index contributed by atoms with van der Waals surface area (Å²) in [6.07, 6.45) is 2.50. The lowest BCUT2D eigenvalue weighted by atomic mass is 10.2. The Kier molecular flexibility index (Phi) is 5.04. The highest BCUT2D eigenvalue weighted by Crippen LogP contribution is 2.07. The van der Waals surface area contributed by atoms with Crippen LogP contribution in [0.2, 0.25) is 0 Å². The molecule has 0 amide bonds. The monoisotopic (exact) mass is 189 g/mol. The number of rotatable bonds is 4. The van der Waals surface area contributed by atoms with Crippen LogP contribution in [0.25, 0.3) is 0 Å². The average Bonchev–Trinajstić information content (AvgIpc) is 2.09. The van der Waals surface area contributed by atoms with Gasteiger partial charge in [-0.1, -0.05) is 0 Å². The molecule has 1 aliphatic heterocycles. The number of unbranched alkanes of at least 4 members (excludes halogenated alkanes) is 1. The number of hydrogen-bond acceptors (Lipinski definition) is 3. The Hall–Kier alpha value is 0.270. The maximum absolute atomic E-state index is 5.36. The van der Waals surface area contributed by atoms with E-state index in [1.54, 1.807) is 0 Å². The second kappa shape index (κ2) is 5.84. The SMILES string of the molecule is CC1COCCN1CCCCS. The molecular weight excluding hydrogens is 170 g/mol. The Morgan fingerprint density at radius 2 is 2.33 bits per heavy atom. The number of morpholine rings is 1. The Labute approximate surface area is 80.7 Å². The molecule has 0 saturated carbocycles. The van der Waals surface area contributed by atoms with Gasteiger partial charge in [-0.25, -0.2) is 0 Å². The Balaban J connectivity index is 2.11. The van der Waals surface area contributed by atoms with Crippen LogP contribution in [0.1, 0.15) is 19.8 Å². The van der Waals surface area contributed by atoms with Gasteiger partial charge >= 0.3 is 0 Å². The van der Waals surface area contributed by atoms with E-state index in [4.69, 9.17) is 4.74 Å². The minimum absolute atomic E-state index is 0.610. The smallest absolute Gasteiger partial charge is 0.0619 e. The van der Waals surface area contributed by atoms with Crippen molar-refractivity contribution >= 4 is 12.6 Å². The summed E-state index contributed by atoms with van der Waals surface area (Å²) in [6.45, 7) is 6.37. The predicted octanol–water partition coefficient (Wildman–Crippen LogP) is 1.42. The van der Waals surface area contributed by atoms with E-state index in [1.165, 1.54) is 19.4 Å². The van der Waals surface area contributed by atoms with E-state index in [9.17, 15) is 0 Å². The first-order chi connectivity index (χ1) is 5.84. The molecule has 1 fully saturated rings. The van der Waals surface area contributed by atoms with Crippen molar-refractivity contribution in [2.24, 2.45) is 0 Å². The second-order valence-electron chi connectivity index (χ2n) is 3.39. The van der Waals surface area contributed by atoms with Crippen molar-refractivity contribution < 1.29 is 4.74 Å². The van der Waals surface area contributed by atoms with Crippen LogP contribution in [-0.4, -0.2) is 43.0 Å². The third kappa shape index (κ3) is 3.33. The van der Waals surface area contributed by atoms with Crippen molar-refractivity contribution in [3.8, 4) is 0 Å². The molecule has 1 rings (SSSR count). The van der Waals surface area contributed by atoms with E-state index in [0.29, 0.717) is 6.04 Å². The van der Waals surface area contributed by atoms with E-state index < -0.39 is 0 Å². The molecule has 3 heteroatoms. The number of hydrogen-bond donors (Lipinski definition) is 1. The van der Waals surface area contributed by atoms with E-state index in [-0.39, 0.29) is 0 Å². The van der Waals surface area contributed by atoms with Crippen LogP contribution in [0.3, 0.4) is 0 Å². The van der Waals surface area contributed by atoms with Gasteiger partial charge in [-0.05, 0) is 32.1 Å². The first kappa shape index (κ1) is 10.4. The molecule has 0 N–H and O–H groups in total. The molecule has 0 aromatic carbocycles. The zero-order valence-electron chi connectivity index (χ0n) is 7.83. The van der Waals surface area contributed by atoms with Crippen LogP contribution in [-0.2, 0) is 4.74 Å². The third-order valence-corrected chi connectivity index (χ3v) is 2.67. The Bertz CT molecular complexity index is 121. The lowest BCUT2D eigenvalue weighted by Gasteiger charge is -2.33. The van der Waals surface area contributed by atoms with E-state index >= 15 is 0 Å². The van der Waals surface area contributed by atoms with Crippen LogP contribution in [0, 0.1) is 0 Å². The van der Waals surface area contributed by atoms with Gasteiger partial charge in [0.15, 0.2) is 0 Å². The molecule has 0 bridgehead atoms. The molecular formula is C9H19NOS. The quantitative estimate of drug-likeness (QED) is 0.530. The normalized spacial score (nSPS) is 26.0. The molecule has 0 aromatic heterocycles. The molecule has 1 saturated heterocycles. The molecule has 0 spiro atoms. The van der Waals surface area contributed by atoms with Crippen molar-refractivity contribution in [2.45, 2.75) is 25.8 Å². The molecule has 0 radical (unpaired) electrons. The Morgan fingerprint density at radius 1 is 1.50 bits per heavy atom. The minimum Gasteiger partial charge on any atom is -0.379 e. The van der Waals surface area contributed by atoms with Gasteiger partial charge in [-0.2, -0.15) is 12.6 Å². The summed E-state index contributed by atoms with van der Waals surface area (Å²) in [7, 11) is 0. The van der Waals surface area contributed by atoms with Crippen LogP contribution >= 0.6 is 12.6 Å². The first-order valence-corrected chi connectivity index (χ1v) is 5.40. The summed E-state index contributed by atoms with van der Waals surface area (Å²) >= 11 is 4.20. The van der Waals surface area contributed by atoms with Crippen molar-refractivity contribution in [2.75, 3.05) is 32.1 Å². The maximum Gasteiger partial charge on any atom is 0.0619 e. The van der Waals surface area contributed by atoms with Crippen molar-refractivity contribution in [1.82, 2.24) is 4.90 Å². The lowest BCUT2D eigenvalue weighted by molar-refractivity contribution is -0.000680. The van der Waals surface area contributed by atoms with Crippen molar-refractivity contribution in [3.05, 3.63) is 0 Å². The second-order valence-corrected chi connectivity index (χ2v) is 3.84. The third-order valence-electron chi connectivity index (χ3n) is 2.36. The summed E-state index contributed by atoms with van der Waals surface area (Å²) in [4.78, 5) is 2.51. The number of ether oxygens (including phenoxy) is 1. The molecule has 0 aliphatic carbocycles. The molecule has 72 valence electrons. The molecule has 2 nitrogen and oxygen atoms in total. The van der Waals surface area contributed by atoms with E-state index in [0.717, 1.165) is 25.5 Å². The van der Waals surface area contributed by atoms with E-state index in [1.807, 2.05) is 0 Å². The van der Waals surface area contributed by atoms with Crippen LogP contribution < -0.4 is 0 Å².